The van der Waals surface area contributed by atoms with Crippen molar-refractivity contribution in [3.63, 3.8) is 0 Å². The van der Waals surface area contributed by atoms with Gasteiger partial charge >= 0.3 is 0 Å². The average molecular weight is 462 g/mol. The third-order valence-electron chi connectivity index (χ3n) is 6.04. The lowest BCUT2D eigenvalue weighted by Gasteiger charge is -2.36. The van der Waals surface area contributed by atoms with E-state index in [9.17, 15) is 18.0 Å². The Hall–Kier alpha value is -2.26. The molecule has 2 aromatic rings. The summed E-state index contributed by atoms with van der Waals surface area (Å²) >= 11 is 5.90. The number of benzene rings is 2. The van der Waals surface area contributed by atoms with Crippen LogP contribution in [0.25, 0.3) is 0 Å². The highest BCUT2D eigenvalue weighted by atomic mass is 35.5. The third-order valence-corrected chi connectivity index (χ3v) is 8.18. The van der Waals surface area contributed by atoms with Crippen molar-refractivity contribution < 1.29 is 18.0 Å². The summed E-state index contributed by atoms with van der Waals surface area (Å²) in [6.07, 6.45) is 0.0887. The Bertz CT molecular complexity index is 1130. The molecule has 7 nitrogen and oxygen atoms in total. The Labute approximate surface area is 187 Å². The van der Waals surface area contributed by atoms with E-state index in [0.717, 1.165) is 11.1 Å². The number of nitrogens with zero attached hydrogens (tertiary/aromatic N) is 3. The largest absolute Gasteiger partial charge is 0.289 e. The van der Waals surface area contributed by atoms with Gasteiger partial charge in [0, 0.05) is 31.2 Å². The molecule has 0 spiro atoms. The number of halogens is 1. The fourth-order valence-corrected chi connectivity index (χ4v) is 5.68. The van der Waals surface area contributed by atoms with Crippen LogP contribution in [0.2, 0.25) is 5.02 Å². The van der Waals surface area contributed by atoms with Crippen LogP contribution in [0.5, 0.6) is 0 Å². The molecule has 164 valence electrons. The number of anilines is 1. The molecule has 2 aliphatic heterocycles. The van der Waals surface area contributed by atoms with E-state index in [0.29, 0.717) is 23.8 Å². The quantitative estimate of drug-likeness (QED) is 0.654. The zero-order valence-electron chi connectivity index (χ0n) is 17.4. The van der Waals surface area contributed by atoms with Crippen LogP contribution >= 0.6 is 11.6 Å². The Morgan fingerprint density at radius 2 is 1.55 bits per heavy atom. The van der Waals surface area contributed by atoms with Gasteiger partial charge in [-0.05, 0) is 61.4 Å². The molecule has 2 aromatic carbocycles. The summed E-state index contributed by atoms with van der Waals surface area (Å²) in [6.45, 7) is 5.16. The fourth-order valence-electron chi connectivity index (χ4n) is 4.04. The van der Waals surface area contributed by atoms with Gasteiger partial charge in [0.05, 0.1) is 23.0 Å². The number of carbonyl (C=O) groups is 2. The Morgan fingerprint density at radius 1 is 0.903 bits per heavy atom. The summed E-state index contributed by atoms with van der Waals surface area (Å²) in [5.74, 6) is -0.541. The Kier molecular flexibility index (Phi) is 5.91. The van der Waals surface area contributed by atoms with Gasteiger partial charge in [-0.1, -0.05) is 17.7 Å². The first-order valence-corrected chi connectivity index (χ1v) is 11.9. The van der Waals surface area contributed by atoms with Crippen LogP contribution in [-0.2, 0) is 19.6 Å². The lowest BCUT2D eigenvalue weighted by Crippen LogP contribution is -2.53. The minimum atomic E-state index is -3.60. The second-order valence-corrected chi connectivity index (χ2v) is 10.3. The summed E-state index contributed by atoms with van der Waals surface area (Å²) in [4.78, 5) is 28.9. The number of hydrogen-bond acceptors (Lipinski definition) is 5. The highest BCUT2D eigenvalue weighted by Gasteiger charge is 2.44. The van der Waals surface area contributed by atoms with Crippen molar-refractivity contribution in [3.8, 4) is 0 Å². The van der Waals surface area contributed by atoms with Crippen molar-refractivity contribution in [1.29, 1.82) is 0 Å². The van der Waals surface area contributed by atoms with E-state index < -0.39 is 16.1 Å². The predicted molar refractivity (Wildman–Crippen MR) is 119 cm³/mol. The van der Waals surface area contributed by atoms with Crippen molar-refractivity contribution in [3.05, 3.63) is 58.6 Å². The lowest BCUT2D eigenvalue weighted by atomic mass is 10.1. The summed E-state index contributed by atoms with van der Waals surface area (Å²) in [6, 6.07) is 11.1. The molecule has 0 bridgehead atoms. The van der Waals surface area contributed by atoms with Crippen molar-refractivity contribution >= 4 is 39.1 Å². The van der Waals surface area contributed by atoms with E-state index in [2.05, 4.69) is 0 Å². The van der Waals surface area contributed by atoms with E-state index in [-0.39, 0.29) is 36.2 Å². The number of aryl methyl sites for hydroxylation is 2. The Balaban J connectivity index is 1.45. The number of hydrogen-bond donors (Lipinski definition) is 0. The van der Waals surface area contributed by atoms with Gasteiger partial charge in [0.25, 0.3) is 5.91 Å². The topological polar surface area (TPSA) is 78.0 Å². The molecule has 2 fully saturated rings. The summed E-state index contributed by atoms with van der Waals surface area (Å²) < 4.78 is 27.5. The molecule has 1 atom stereocenters. The molecule has 2 amide bonds. The first-order chi connectivity index (χ1) is 14.7. The number of piperazine rings is 1. The molecule has 0 aromatic heterocycles. The average Bonchev–Trinajstić information content (AvgIpc) is 3.05. The van der Waals surface area contributed by atoms with E-state index in [1.54, 1.807) is 36.4 Å². The predicted octanol–water partition coefficient (Wildman–Crippen LogP) is 2.60. The number of sulfonamides is 1. The van der Waals surface area contributed by atoms with Crippen LogP contribution in [0.1, 0.15) is 17.5 Å². The van der Waals surface area contributed by atoms with Gasteiger partial charge < -0.3 is 0 Å². The molecule has 0 N–H and O–H groups in total. The zero-order valence-corrected chi connectivity index (χ0v) is 19.0. The zero-order chi connectivity index (χ0) is 22.3. The summed E-state index contributed by atoms with van der Waals surface area (Å²) in [5, 5.41) is 0.528. The van der Waals surface area contributed by atoms with Crippen LogP contribution in [0.3, 0.4) is 0 Å². The maximum Gasteiger partial charge on any atom is 0.251 e. The second-order valence-electron chi connectivity index (χ2n) is 7.95. The normalized spacial score (nSPS) is 21.1. The number of rotatable bonds is 4. The van der Waals surface area contributed by atoms with Gasteiger partial charge in [0.1, 0.15) is 0 Å². The molecular formula is C22H24ClN3O4S. The molecule has 2 aliphatic rings. The molecule has 0 saturated carbocycles. The van der Waals surface area contributed by atoms with Crippen molar-refractivity contribution in [2.24, 2.45) is 0 Å². The van der Waals surface area contributed by atoms with Crippen molar-refractivity contribution in [2.75, 3.05) is 31.1 Å². The first kappa shape index (κ1) is 22.0. The van der Waals surface area contributed by atoms with Crippen molar-refractivity contribution in [2.45, 2.75) is 31.2 Å². The van der Waals surface area contributed by atoms with E-state index in [1.807, 2.05) is 24.8 Å². The van der Waals surface area contributed by atoms with Crippen LogP contribution in [0, 0.1) is 13.8 Å². The van der Waals surface area contributed by atoms with Crippen LogP contribution in [-0.4, -0.2) is 61.7 Å². The highest BCUT2D eigenvalue weighted by molar-refractivity contribution is 7.89. The fraction of sp³-hybridized carbons (Fsp3) is 0.364. The molecule has 31 heavy (non-hydrogen) atoms. The molecule has 2 saturated heterocycles. The summed E-state index contributed by atoms with van der Waals surface area (Å²) in [5.41, 5.74) is 2.47. The lowest BCUT2D eigenvalue weighted by molar-refractivity contribution is -0.123. The van der Waals surface area contributed by atoms with Crippen LogP contribution in [0.15, 0.2) is 47.4 Å². The van der Waals surface area contributed by atoms with Gasteiger partial charge in [-0.2, -0.15) is 4.31 Å². The second kappa shape index (κ2) is 8.35. The maximum absolute atomic E-state index is 13.0. The summed E-state index contributed by atoms with van der Waals surface area (Å²) in [7, 11) is -3.60. The van der Waals surface area contributed by atoms with Crippen LogP contribution < -0.4 is 4.90 Å². The van der Waals surface area contributed by atoms with E-state index in [1.165, 1.54) is 9.21 Å². The smallest absolute Gasteiger partial charge is 0.251 e. The van der Waals surface area contributed by atoms with Gasteiger partial charge in [0.2, 0.25) is 15.9 Å². The molecule has 4 rings (SSSR count). The minimum absolute atomic E-state index is 0.0887. The number of amides is 2. The van der Waals surface area contributed by atoms with Crippen LogP contribution in [0.4, 0.5) is 5.69 Å². The SMILES string of the molecule is Cc1ccc(S(=O)(=O)N2CCN([C@H]3CC(=O)N(c4ccc(Cl)cc4)C3=O)CC2)cc1C. The molecule has 0 radical (unpaired) electrons. The highest BCUT2D eigenvalue weighted by Crippen LogP contribution is 2.28. The molecular weight excluding hydrogens is 438 g/mol. The Morgan fingerprint density at radius 3 is 2.16 bits per heavy atom. The van der Waals surface area contributed by atoms with Gasteiger partial charge in [0.15, 0.2) is 0 Å². The standard InChI is InChI=1S/C22H24ClN3O4S/c1-15-3-8-19(13-16(15)2)31(29,30)25-11-9-24(10-12-25)20-14-21(27)26(22(20)28)18-6-4-17(23)5-7-18/h3-8,13,20H,9-12,14H2,1-2H3/t20-/m0/s1. The number of imide groups is 1. The monoisotopic (exact) mass is 461 g/mol. The van der Waals surface area contributed by atoms with Gasteiger partial charge in [-0.3, -0.25) is 14.5 Å². The molecule has 0 aliphatic carbocycles. The van der Waals surface area contributed by atoms with E-state index >= 15 is 0 Å². The maximum atomic E-state index is 13.0. The minimum Gasteiger partial charge on any atom is -0.289 e. The third kappa shape index (κ3) is 4.13. The van der Waals surface area contributed by atoms with Gasteiger partial charge in [-0.25, -0.2) is 13.3 Å². The molecule has 2 heterocycles. The van der Waals surface area contributed by atoms with Gasteiger partial charge in [-0.15, -0.1) is 0 Å². The van der Waals surface area contributed by atoms with Crippen molar-refractivity contribution in [1.82, 2.24) is 9.21 Å². The molecule has 0 unspecified atom stereocenters. The molecule has 9 heteroatoms. The first-order valence-electron chi connectivity index (χ1n) is 10.1. The van der Waals surface area contributed by atoms with E-state index in [4.69, 9.17) is 11.6 Å². The number of carbonyl (C=O) groups excluding carboxylic acids is 2.